The van der Waals surface area contributed by atoms with E-state index in [1.54, 1.807) is 6.07 Å². The molecule has 2 N–H and O–H groups in total. The molecule has 7 heteroatoms. The summed E-state index contributed by atoms with van der Waals surface area (Å²) in [5, 5.41) is 6.07. The van der Waals surface area contributed by atoms with Gasteiger partial charge in [-0.25, -0.2) is 9.97 Å². The number of unbranched alkanes of at least 4 members (excludes halogenated alkanes) is 2. The quantitative estimate of drug-likeness (QED) is 0.707. The lowest BCUT2D eigenvalue weighted by atomic mass is 10.2. The number of nitrogens with zero attached hydrogens (tertiary/aromatic N) is 2. The third-order valence-electron chi connectivity index (χ3n) is 4.04. The Balaban J connectivity index is 1.61. The van der Waals surface area contributed by atoms with Crippen LogP contribution < -0.4 is 20.1 Å². The minimum atomic E-state index is -0.169. The Morgan fingerprint density at radius 2 is 2.00 bits per heavy atom. The van der Waals surface area contributed by atoms with Crippen LogP contribution in [0.2, 0.25) is 0 Å². The molecule has 0 spiro atoms. The Labute approximate surface area is 153 Å². The molecular weight excluding hydrogens is 332 g/mol. The van der Waals surface area contributed by atoms with Crippen LogP contribution in [0.1, 0.15) is 47.9 Å². The maximum absolute atomic E-state index is 12.3. The zero-order chi connectivity index (χ0) is 18.4. The summed E-state index contributed by atoms with van der Waals surface area (Å²) >= 11 is 0. The zero-order valence-electron chi connectivity index (χ0n) is 15.2. The monoisotopic (exact) mass is 356 g/mol. The number of anilines is 1. The Morgan fingerprint density at radius 3 is 2.85 bits per heavy atom. The number of hydrogen-bond acceptors (Lipinski definition) is 6. The van der Waals surface area contributed by atoms with E-state index < -0.39 is 0 Å². The molecule has 1 amide bonds. The molecule has 2 heterocycles. The van der Waals surface area contributed by atoms with Gasteiger partial charge in [-0.15, -0.1) is 0 Å². The van der Waals surface area contributed by atoms with Crippen LogP contribution in [0.15, 0.2) is 24.3 Å². The summed E-state index contributed by atoms with van der Waals surface area (Å²) in [7, 11) is 0. The number of fused-ring (bicyclic) bond motifs is 1. The molecule has 0 radical (unpaired) electrons. The van der Waals surface area contributed by atoms with Crippen LogP contribution >= 0.6 is 0 Å². The van der Waals surface area contributed by atoms with Crippen LogP contribution in [0.3, 0.4) is 0 Å². The molecule has 0 fully saturated rings. The third kappa shape index (κ3) is 4.62. The van der Waals surface area contributed by atoms with Crippen LogP contribution in [0, 0.1) is 6.92 Å². The van der Waals surface area contributed by atoms with Crippen molar-refractivity contribution in [1.82, 2.24) is 15.3 Å². The summed E-state index contributed by atoms with van der Waals surface area (Å²) in [4.78, 5) is 20.9. The van der Waals surface area contributed by atoms with E-state index >= 15 is 0 Å². The predicted molar refractivity (Wildman–Crippen MR) is 98.5 cm³/mol. The Bertz CT molecular complexity index is 779. The summed E-state index contributed by atoms with van der Waals surface area (Å²) < 4.78 is 10.7. The number of carbonyl (C=O) groups is 1. The van der Waals surface area contributed by atoms with Gasteiger partial charge in [-0.3, -0.25) is 4.79 Å². The average molecular weight is 356 g/mol. The molecule has 1 aromatic carbocycles. The lowest BCUT2D eigenvalue weighted by Crippen LogP contribution is -2.26. The SMILES string of the molecule is CCCCCNC(=O)c1cc(C)nc(NCc2ccc3c(c2)OCO3)n1. The molecule has 1 aliphatic rings. The highest BCUT2D eigenvalue weighted by Crippen LogP contribution is 2.32. The van der Waals surface area contributed by atoms with Gasteiger partial charge in [-0.2, -0.15) is 0 Å². The number of hydrogen-bond donors (Lipinski definition) is 2. The van der Waals surface area contributed by atoms with Crippen molar-refractivity contribution in [2.24, 2.45) is 0 Å². The molecule has 7 nitrogen and oxygen atoms in total. The van der Waals surface area contributed by atoms with Gasteiger partial charge in [-0.05, 0) is 37.1 Å². The maximum Gasteiger partial charge on any atom is 0.270 e. The van der Waals surface area contributed by atoms with Gasteiger partial charge in [0.15, 0.2) is 11.5 Å². The molecule has 0 bridgehead atoms. The van der Waals surface area contributed by atoms with Crippen molar-refractivity contribution in [3.05, 3.63) is 41.2 Å². The van der Waals surface area contributed by atoms with Crippen molar-refractivity contribution in [1.29, 1.82) is 0 Å². The fraction of sp³-hybridized carbons (Fsp3) is 0.421. The van der Waals surface area contributed by atoms with Crippen molar-refractivity contribution in [3.8, 4) is 11.5 Å². The predicted octanol–water partition coefficient (Wildman–Crippen LogP) is 3.05. The smallest absolute Gasteiger partial charge is 0.270 e. The second-order valence-corrected chi connectivity index (χ2v) is 6.22. The van der Waals surface area contributed by atoms with Gasteiger partial charge >= 0.3 is 0 Å². The summed E-state index contributed by atoms with van der Waals surface area (Å²) in [6, 6.07) is 7.46. The first-order valence-corrected chi connectivity index (χ1v) is 8.92. The minimum Gasteiger partial charge on any atom is -0.454 e. The lowest BCUT2D eigenvalue weighted by molar-refractivity contribution is 0.0948. The molecule has 0 atom stereocenters. The fourth-order valence-electron chi connectivity index (χ4n) is 2.66. The van der Waals surface area contributed by atoms with E-state index in [-0.39, 0.29) is 12.7 Å². The van der Waals surface area contributed by atoms with Gasteiger partial charge in [-0.1, -0.05) is 25.8 Å². The third-order valence-corrected chi connectivity index (χ3v) is 4.04. The highest BCUT2D eigenvalue weighted by Gasteiger charge is 2.14. The van der Waals surface area contributed by atoms with Crippen LogP contribution in [-0.4, -0.2) is 29.2 Å². The first kappa shape index (κ1) is 18.0. The molecular formula is C19H24N4O3. The Morgan fingerprint density at radius 1 is 1.15 bits per heavy atom. The van der Waals surface area contributed by atoms with Gasteiger partial charge in [0.25, 0.3) is 5.91 Å². The number of nitrogens with one attached hydrogen (secondary N) is 2. The van der Waals surface area contributed by atoms with E-state index in [0.717, 1.165) is 42.0 Å². The second-order valence-electron chi connectivity index (χ2n) is 6.22. The van der Waals surface area contributed by atoms with E-state index in [2.05, 4.69) is 27.5 Å². The Kier molecular flexibility index (Phi) is 5.88. The van der Waals surface area contributed by atoms with Crippen molar-refractivity contribution in [2.45, 2.75) is 39.7 Å². The van der Waals surface area contributed by atoms with Crippen molar-refractivity contribution >= 4 is 11.9 Å². The molecule has 26 heavy (non-hydrogen) atoms. The highest BCUT2D eigenvalue weighted by atomic mass is 16.7. The van der Waals surface area contributed by atoms with E-state index in [9.17, 15) is 4.79 Å². The number of rotatable bonds is 8. The number of ether oxygens (including phenoxy) is 2. The highest BCUT2D eigenvalue weighted by molar-refractivity contribution is 5.92. The van der Waals surface area contributed by atoms with Crippen molar-refractivity contribution < 1.29 is 14.3 Å². The Hall–Kier alpha value is -2.83. The van der Waals surface area contributed by atoms with E-state index in [4.69, 9.17) is 9.47 Å². The molecule has 2 aromatic rings. The summed E-state index contributed by atoms with van der Waals surface area (Å²) in [6.07, 6.45) is 3.20. The van der Waals surface area contributed by atoms with Crippen molar-refractivity contribution in [3.63, 3.8) is 0 Å². The summed E-state index contributed by atoms with van der Waals surface area (Å²) in [5.74, 6) is 1.75. The van der Waals surface area contributed by atoms with E-state index in [1.807, 2.05) is 25.1 Å². The van der Waals surface area contributed by atoms with Gasteiger partial charge in [0.2, 0.25) is 12.7 Å². The fourth-order valence-corrected chi connectivity index (χ4v) is 2.66. The average Bonchev–Trinajstić information content (AvgIpc) is 3.11. The molecule has 0 aliphatic carbocycles. The topological polar surface area (TPSA) is 85.4 Å². The van der Waals surface area contributed by atoms with Crippen LogP contribution in [0.4, 0.5) is 5.95 Å². The van der Waals surface area contributed by atoms with E-state index in [0.29, 0.717) is 24.7 Å². The van der Waals surface area contributed by atoms with Gasteiger partial charge in [0.05, 0.1) is 0 Å². The zero-order valence-corrected chi connectivity index (χ0v) is 15.2. The second kappa shape index (κ2) is 8.51. The normalized spacial score (nSPS) is 12.1. The standard InChI is InChI=1S/C19H24N4O3/c1-3-4-5-8-20-18(24)15-9-13(2)22-19(23-15)21-11-14-6-7-16-17(10-14)26-12-25-16/h6-7,9-10H,3-5,8,11-12H2,1-2H3,(H,20,24)(H,21,22,23). The van der Waals surface area contributed by atoms with Crippen LogP contribution in [0.25, 0.3) is 0 Å². The molecule has 0 saturated carbocycles. The van der Waals surface area contributed by atoms with Gasteiger partial charge in [0, 0.05) is 18.8 Å². The molecule has 138 valence electrons. The number of aromatic nitrogens is 2. The largest absolute Gasteiger partial charge is 0.454 e. The summed E-state index contributed by atoms with van der Waals surface area (Å²) in [6.45, 7) is 5.42. The van der Waals surface area contributed by atoms with Crippen LogP contribution in [0.5, 0.6) is 11.5 Å². The van der Waals surface area contributed by atoms with E-state index in [1.165, 1.54) is 0 Å². The van der Waals surface area contributed by atoms with Gasteiger partial charge in [0.1, 0.15) is 5.69 Å². The first-order chi connectivity index (χ1) is 12.7. The number of carbonyl (C=O) groups excluding carboxylic acids is 1. The van der Waals surface area contributed by atoms with Crippen LogP contribution in [-0.2, 0) is 6.54 Å². The molecule has 0 saturated heterocycles. The maximum atomic E-state index is 12.3. The molecule has 0 unspecified atom stereocenters. The number of benzene rings is 1. The summed E-state index contributed by atoms with van der Waals surface area (Å²) in [5.41, 5.74) is 2.14. The van der Waals surface area contributed by atoms with Crippen molar-refractivity contribution in [2.75, 3.05) is 18.7 Å². The molecule has 3 rings (SSSR count). The lowest BCUT2D eigenvalue weighted by Gasteiger charge is -2.09. The minimum absolute atomic E-state index is 0.169. The first-order valence-electron chi connectivity index (χ1n) is 8.92. The van der Waals surface area contributed by atoms with Gasteiger partial charge < -0.3 is 20.1 Å². The number of aryl methyl sites for hydroxylation is 1. The molecule has 1 aliphatic heterocycles. The molecule has 1 aromatic heterocycles. The number of amides is 1.